The second kappa shape index (κ2) is 6.92. The lowest BCUT2D eigenvalue weighted by Gasteiger charge is -2.38. The Bertz CT molecular complexity index is 360. The third-order valence-corrected chi connectivity index (χ3v) is 3.98. The number of nitrogens with one attached hydrogen (secondary N) is 1. The number of carboxylic acid groups (broad SMARTS) is 1. The zero-order valence-corrected chi connectivity index (χ0v) is 13.0. The van der Waals surface area contributed by atoms with Crippen molar-refractivity contribution in [1.82, 2.24) is 15.1 Å². The number of amides is 2. The smallest absolute Gasteiger partial charge is 0.329 e. The van der Waals surface area contributed by atoms with E-state index in [4.69, 9.17) is 0 Å². The summed E-state index contributed by atoms with van der Waals surface area (Å²) < 4.78 is 0. The highest BCUT2D eigenvalue weighted by atomic mass is 16.4. The van der Waals surface area contributed by atoms with Crippen LogP contribution in [0.3, 0.4) is 0 Å². The first-order valence-electron chi connectivity index (χ1n) is 7.18. The van der Waals surface area contributed by atoms with E-state index in [0.29, 0.717) is 25.3 Å². The lowest BCUT2D eigenvalue weighted by atomic mass is 9.76. The lowest BCUT2D eigenvalue weighted by molar-refractivity contribution is -0.146. The van der Waals surface area contributed by atoms with Gasteiger partial charge in [-0.25, -0.2) is 9.59 Å². The molecular formula is C14H27N3O3. The Morgan fingerprint density at radius 1 is 1.30 bits per heavy atom. The third-order valence-electron chi connectivity index (χ3n) is 3.98. The number of hydrogen-bond acceptors (Lipinski definition) is 3. The number of carboxylic acids is 1. The van der Waals surface area contributed by atoms with Crippen LogP contribution in [-0.2, 0) is 4.79 Å². The van der Waals surface area contributed by atoms with E-state index in [0.717, 1.165) is 19.4 Å². The zero-order chi connectivity index (χ0) is 15.3. The Hall–Kier alpha value is -1.30. The van der Waals surface area contributed by atoms with Gasteiger partial charge in [0.15, 0.2) is 0 Å². The predicted molar refractivity (Wildman–Crippen MR) is 77.7 cm³/mol. The van der Waals surface area contributed by atoms with E-state index in [1.165, 1.54) is 0 Å². The molecular weight excluding hydrogens is 258 g/mol. The molecule has 0 aliphatic heterocycles. The molecule has 0 aromatic rings. The number of carbonyl (C=O) groups excluding carboxylic acids is 1. The summed E-state index contributed by atoms with van der Waals surface area (Å²) >= 11 is 0. The van der Waals surface area contributed by atoms with Crippen LogP contribution in [0.5, 0.6) is 0 Å². The summed E-state index contributed by atoms with van der Waals surface area (Å²) in [5, 5.41) is 12.3. The molecule has 1 rings (SSSR count). The van der Waals surface area contributed by atoms with Crippen molar-refractivity contribution < 1.29 is 14.7 Å². The maximum Gasteiger partial charge on any atom is 0.329 e. The third kappa shape index (κ3) is 4.37. The number of nitrogens with zero attached hydrogens (tertiary/aromatic N) is 2. The molecule has 0 bridgehead atoms. The minimum Gasteiger partial charge on any atom is -0.480 e. The van der Waals surface area contributed by atoms with Gasteiger partial charge in [-0.3, -0.25) is 0 Å². The number of carbonyl (C=O) groups is 2. The predicted octanol–water partition coefficient (Wildman–Crippen LogP) is 1.22. The standard InChI is InChI=1S/C14H27N3O3/c1-11-6-5-7-14(10-11,12(18)19)15-13(20)17(4)9-8-16(2)3/h11H,5-10H2,1-4H3,(H,15,20)(H,18,19). The number of hydrogen-bond donors (Lipinski definition) is 2. The summed E-state index contributed by atoms with van der Waals surface area (Å²) in [6.07, 6.45) is 2.89. The molecule has 0 radical (unpaired) electrons. The van der Waals surface area contributed by atoms with Crippen molar-refractivity contribution in [3.8, 4) is 0 Å². The maximum atomic E-state index is 12.2. The zero-order valence-electron chi connectivity index (χ0n) is 13.0. The molecule has 1 fully saturated rings. The Kier molecular flexibility index (Phi) is 5.80. The molecule has 116 valence electrons. The summed E-state index contributed by atoms with van der Waals surface area (Å²) in [5.74, 6) is -0.592. The van der Waals surface area contributed by atoms with Gasteiger partial charge in [0.1, 0.15) is 5.54 Å². The summed E-state index contributed by atoms with van der Waals surface area (Å²) in [6, 6.07) is -0.302. The molecule has 1 aliphatic carbocycles. The van der Waals surface area contributed by atoms with Crippen LogP contribution in [0.25, 0.3) is 0 Å². The number of aliphatic carboxylic acids is 1. The van der Waals surface area contributed by atoms with Crippen molar-refractivity contribution in [3.63, 3.8) is 0 Å². The second-order valence-electron chi connectivity index (χ2n) is 6.24. The van der Waals surface area contributed by atoms with Crippen molar-refractivity contribution in [3.05, 3.63) is 0 Å². The monoisotopic (exact) mass is 285 g/mol. The van der Waals surface area contributed by atoms with Crippen molar-refractivity contribution >= 4 is 12.0 Å². The number of rotatable bonds is 5. The topological polar surface area (TPSA) is 72.9 Å². The quantitative estimate of drug-likeness (QED) is 0.796. The molecule has 2 amide bonds. The van der Waals surface area contributed by atoms with Crippen LogP contribution >= 0.6 is 0 Å². The maximum absolute atomic E-state index is 12.2. The van der Waals surface area contributed by atoms with E-state index >= 15 is 0 Å². The van der Waals surface area contributed by atoms with Gasteiger partial charge in [-0.1, -0.05) is 19.8 Å². The van der Waals surface area contributed by atoms with Crippen molar-refractivity contribution in [2.45, 2.75) is 38.1 Å². The van der Waals surface area contributed by atoms with E-state index < -0.39 is 11.5 Å². The van der Waals surface area contributed by atoms with Crippen molar-refractivity contribution in [2.75, 3.05) is 34.2 Å². The molecule has 0 heterocycles. The molecule has 1 aliphatic rings. The summed E-state index contributed by atoms with van der Waals surface area (Å²) in [6.45, 7) is 3.36. The highest BCUT2D eigenvalue weighted by molar-refractivity contribution is 5.86. The molecule has 0 aromatic heterocycles. The van der Waals surface area contributed by atoms with Crippen LogP contribution in [-0.4, -0.2) is 66.7 Å². The van der Waals surface area contributed by atoms with Gasteiger partial charge in [0.05, 0.1) is 0 Å². The molecule has 1 saturated carbocycles. The Morgan fingerprint density at radius 2 is 1.95 bits per heavy atom. The lowest BCUT2D eigenvalue weighted by Crippen LogP contribution is -2.59. The highest BCUT2D eigenvalue weighted by Crippen LogP contribution is 2.32. The van der Waals surface area contributed by atoms with Crippen molar-refractivity contribution in [2.24, 2.45) is 5.92 Å². The van der Waals surface area contributed by atoms with E-state index in [2.05, 4.69) is 5.32 Å². The molecule has 2 N–H and O–H groups in total. The molecule has 0 spiro atoms. The average molecular weight is 285 g/mol. The van der Waals surface area contributed by atoms with Gasteiger partial charge in [-0.15, -0.1) is 0 Å². The average Bonchev–Trinajstić information content (AvgIpc) is 2.35. The largest absolute Gasteiger partial charge is 0.480 e. The fraction of sp³-hybridized carbons (Fsp3) is 0.857. The normalized spacial score (nSPS) is 26.4. The first-order chi connectivity index (χ1) is 9.27. The summed E-state index contributed by atoms with van der Waals surface area (Å²) in [5.41, 5.74) is -1.10. The van der Waals surface area contributed by atoms with Crippen LogP contribution in [0.15, 0.2) is 0 Å². The van der Waals surface area contributed by atoms with Gasteiger partial charge in [-0.05, 0) is 32.9 Å². The molecule has 0 aromatic carbocycles. The minimum absolute atomic E-state index is 0.302. The van der Waals surface area contributed by atoms with Crippen LogP contribution in [0.2, 0.25) is 0 Å². The molecule has 2 unspecified atom stereocenters. The van der Waals surface area contributed by atoms with Gasteiger partial charge in [-0.2, -0.15) is 0 Å². The van der Waals surface area contributed by atoms with Crippen LogP contribution in [0.1, 0.15) is 32.6 Å². The molecule has 0 saturated heterocycles. The SMILES string of the molecule is CC1CCCC(NC(=O)N(C)CCN(C)C)(C(=O)O)C1. The first kappa shape index (κ1) is 16.8. The van der Waals surface area contributed by atoms with Gasteiger partial charge >= 0.3 is 12.0 Å². The fourth-order valence-corrected chi connectivity index (χ4v) is 2.66. The van der Waals surface area contributed by atoms with Gasteiger partial charge < -0.3 is 20.2 Å². The number of likely N-dealkylation sites (N-methyl/N-ethyl adjacent to an activating group) is 2. The minimum atomic E-state index is -1.10. The van der Waals surface area contributed by atoms with E-state index in [1.54, 1.807) is 11.9 Å². The Labute approximate surface area is 121 Å². The van der Waals surface area contributed by atoms with E-state index in [-0.39, 0.29) is 6.03 Å². The van der Waals surface area contributed by atoms with Crippen LogP contribution in [0.4, 0.5) is 4.79 Å². The second-order valence-corrected chi connectivity index (χ2v) is 6.24. The summed E-state index contributed by atoms with van der Waals surface area (Å²) in [7, 11) is 5.57. The first-order valence-corrected chi connectivity index (χ1v) is 7.18. The van der Waals surface area contributed by atoms with Gasteiger partial charge in [0.2, 0.25) is 0 Å². The van der Waals surface area contributed by atoms with Gasteiger partial charge in [0.25, 0.3) is 0 Å². The van der Waals surface area contributed by atoms with Crippen molar-refractivity contribution in [1.29, 1.82) is 0 Å². The van der Waals surface area contributed by atoms with E-state index in [1.807, 2.05) is 25.9 Å². The van der Waals surface area contributed by atoms with E-state index in [9.17, 15) is 14.7 Å². The summed E-state index contributed by atoms with van der Waals surface area (Å²) in [4.78, 5) is 27.3. The van der Waals surface area contributed by atoms with Crippen LogP contribution in [0, 0.1) is 5.92 Å². The molecule has 6 heteroatoms. The Morgan fingerprint density at radius 3 is 2.45 bits per heavy atom. The molecule has 20 heavy (non-hydrogen) atoms. The fourth-order valence-electron chi connectivity index (χ4n) is 2.66. The van der Waals surface area contributed by atoms with Crippen LogP contribution < -0.4 is 5.32 Å². The number of urea groups is 1. The molecule has 6 nitrogen and oxygen atoms in total. The molecule has 2 atom stereocenters. The van der Waals surface area contributed by atoms with Gasteiger partial charge in [0, 0.05) is 20.1 Å². The highest BCUT2D eigenvalue weighted by Gasteiger charge is 2.43. The Balaban J connectivity index is 2.66.